The summed E-state index contributed by atoms with van der Waals surface area (Å²) >= 11 is 0.796. The van der Waals surface area contributed by atoms with Gasteiger partial charge in [-0.1, -0.05) is 24.0 Å². The lowest BCUT2D eigenvalue weighted by Gasteiger charge is -2.13. The van der Waals surface area contributed by atoms with Gasteiger partial charge >= 0.3 is 26.3 Å². The number of halogens is 2. The average Bonchev–Trinajstić information content (AvgIpc) is 2.87. The molecule has 0 radical (unpaired) electrons. The Bertz CT molecular complexity index is 973. The fourth-order valence-electron chi connectivity index (χ4n) is 1.55. The molecular weight excluding hydrogens is 386 g/mol. The van der Waals surface area contributed by atoms with E-state index in [0.29, 0.717) is 4.70 Å². The number of alkyl halides is 2. The molecular formula is C13H10F2O8S2. The van der Waals surface area contributed by atoms with E-state index in [2.05, 4.69) is 11.3 Å². The van der Waals surface area contributed by atoms with E-state index >= 15 is 0 Å². The minimum atomic E-state index is -5.64. The van der Waals surface area contributed by atoms with Gasteiger partial charge in [0.05, 0.1) is 16.9 Å². The number of rotatable bonds is 7. The molecule has 0 fully saturated rings. The lowest BCUT2D eigenvalue weighted by molar-refractivity contribution is -0.131. The number of benzene rings is 1. The summed E-state index contributed by atoms with van der Waals surface area (Å²) in [5.74, 6) is -1.14. The quantitative estimate of drug-likeness (QED) is 0.326. The molecule has 25 heavy (non-hydrogen) atoms. The van der Waals surface area contributed by atoms with Crippen molar-refractivity contribution in [3.05, 3.63) is 40.1 Å². The molecule has 1 aromatic carbocycles. The Hall–Kier alpha value is -2.15. The number of hydrogen-bond donors (Lipinski definition) is 1. The summed E-state index contributed by atoms with van der Waals surface area (Å²) < 4.78 is 69.7. The molecule has 0 saturated carbocycles. The molecule has 1 heterocycles. The molecule has 8 nitrogen and oxygen atoms in total. The molecule has 0 unspecified atom stereocenters. The fraction of sp³-hybridized carbons (Fsp3) is 0.231. The maximum atomic E-state index is 13.0. The van der Waals surface area contributed by atoms with Gasteiger partial charge in [0.15, 0.2) is 11.3 Å². The van der Waals surface area contributed by atoms with Gasteiger partial charge in [0.1, 0.15) is 6.61 Å². The number of para-hydroxylation sites is 1. The van der Waals surface area contributed by atoms with E-state index in [9.17, 15) is 26.8 Å². The van der Waals surface area contributed by atoms with Gasteiger partial charge in [-0.2, -0.15) is 17.2 Å². The minimum Gasteiger partial charge on any atom is -0.419 e. The van der Waals surface area contributed by atoms with Gasteiger partial charge in [0.25, 0.3) is 0 Å². The zero-order chi connectivity index (χ0) is 18.8. The van der Waals surface area contributed by atoms with Gasteiger partial charge in [-0.05, 0) is 12.1 Å². The maximum absolute atomic E-state index is 13.0. The van der Waals surface area contributed by atoms with Gasteiger partial charge in [0, 0.05) is 0 Å². The number of ether oxygens (including phenoxy) is 2. The summed E-state index contributed by atoms with van der Waals surface area (Å²) in [4.78, 5) is 22.4. The third-order valence-corrected chi connectivity index (χ3v) is 4.40. The Kier molecular flexibility index (Phi) is 5.37. The van der Waals surface area contributed by atoms with Crippen LogP contribution in [0, 0.1) is 0 Å². The van der Waals surface area contributed by atoms with Gasteiger partial charge in [-0.25, -0.2) is 9.59 Å². The van der Waals surface area contributed by atoms with Crippen molar-refractivity contribution in [2.45, 2.75) is 5.25 Å². The number of carbonyl (C=O) groups excluding carboxylic acids is 1. The molecule has 0 aliphatic carbocycles. The van der Waals surface area contributed by atoms with Crippen molar-refractivity contribution < 1.29 is 40.4 Å². The van der Waals surface area contributed by atoms with Crippen LogP contribution in [0.15, 0.2) is 39.6 Å². The van der Waals surface area contributed by atoms with E-state index in [-0.39, 0.29) is 11.3 Å². The zero-order valence-electron chi connectivity index (χ0n) is 12.2. The second-order valence-electron chi connectivity index (χ2n) is 4.64. The lowest BCUT2D eigenvalue weighted by Crippen LogP contribution is -2.34. The summed E-state index contributed by atoms with van der Waals surface area (Å²) in [5.41, 5.74) is -0.363. The molecule has 1 N–H and O–H groups in total. The third-order valence-electron chi connectivity index (χ3n) is 2.74. The van der Waals surface area contributed by atoms with Crippen molar-refractivity contribution in [1.82, 2.24) is 0 Å². The van der Waals surface area contributed by atoms with Crippen LogP contribution in [-0.2, 0) is 19.6 Å². The van der Waals surface area contributed by atoms with Gasteiger partial charge in [-0.15, -0.1) is 0 Å². The molecule has 0 spiro atoms. The number of hydrogen-bond acceptors (Lipinski definition) is 8. The smallest absolute Gasteiger partial charge is 0.396 e. The Balaban J connectivity index is 1.99. The van der Waals surface area contributed by atoms with Crippen LogP contribution in [0.2, 0.25) is 0 Å². The Morgan fingerprint density at radius 1 is 1.40 bits per heavy atom. The van der Waals surface area contributed by atoms with Crippen molar-refractivity contribution >= 4 is 37.7 Å². The van der Waals surface area contributed by atoms with Crippen LogP contribution in [0.25, 0.3) is 10.3 Å². The van der Waals surface area contributed by atoms with E-state index in [0.717, 1.165) is 11.3 Å². The fourth-order valence-corrected chi connectivity index (χ4v) is 2.47. The third kappa shape index (κ3) is 4.48. The van der Waals surface area contributed by atoms with Crippen LogP contribution < -0.4 is 9.68 Å². The standard InChI is InChI=1S/C13H10F2O8S2/c1-7(5-21-6-13(14,15)25(18,19)20)11(16)22-8-3-2-4-9-10(8)23-12(17)24-9/h2-4H,1,5-6H2,(H,18,19,20). The molecule has 0 amide bonds. The topological polar surface area (TPSA) is 120 Å². The largest absolute Gasteiger partial charge is 0.419 e. The first kappa shape index (κ1) is 19.2. The molecule has 2 rings (SSSR count). The monoisotopic (exact) mass is 396 g/mol. The molecule has 0 aliphatic rings. The highest BCUT2D eigenvalue weighted by molar-refractivity contribution is 7.86. The molecule has 2 aromatic rings. The van der Waals surface area contributed by atoms with Crippen LogP contribution >= 0.6 is 11.3 Å². The van der Waals surface area contributed by atoms with E-state index in [1.54, 1.807) is 6.07 Å². The summed E-state index contributed by atoms with van der Waals surface area (Å²) in [6, 6.07) is 4.41. The molecule has 0 aliphatic heterocycles. The highest BCUT2D eigenvalue weighted by atomic mass is 32.2. The van der Waals surface area contributed by atoms with Gasteiger partial charge in [-0.3, -0.25) is 4.55 Å². The Morgan fingerprint density at radius 2 is 2.08 bits per heavy atom. The summed E-state index contributed by atoms with van der Waals surface area (Å²) in [6.07, 6.45) is 0. The Labute approximate surface area is 143 Å². The second-order valence-corrected chi connectivity index (χ2v) is 7.16. The molecule has 0 atom stereocenters. The number of carbonyl (C=O) groups is 1. The van der Waals surface area contributed by atoms with Crippen LogP contribution in [0.4, 0.5) is 8.78 Å². The second kappa shape index (κ2) is 7.00. The maximum Gasteiger partial charge on any atom is 0.396 e. The lowest BCUT2D eigenvalue weighted by atomic mass is 10.3. The number of fused-ring (bicyclic) bond motifs is 1. The van der Waals surface area contributed by atoms with E-state index < -0.39 is 45.1 Å². The molecule has 12 heteroatoms. The number of esters is 1. The Morgan fingerprint density at radius 3 is 2.72 bits per heavy atom. The normalized spacial score (nSPS) is 12.3. The van der Waals surface area contributed by atoms with Crippen molar-refractivity contribution in [1.29, 1.82) is 0 Å². The van der Waals surface area contributed by atoms with Crippen molar-refractivity contribution in [3.63, 3.8) is 0 Å². The van der Waals surface area contributed by atoms with Crippen LogP contribution in [-0.4, -0.2) is 37.4 Å². The predicted molar refractivity (Wildman–Crippen MR) is 82.5 cm³/mol. The predicted octanol–water partition coefficient (Wildman–Crippen LogP) is 1.81. The average molecular weight is 396 g/mol. The zero-order valence-corrected chi connectivity index (χ0v) is 13.9. The minimum absolute atomic E-state index is 0.0393. The molecule has 0 bridgehead atoms. The first-order chi connectivity index (χ1) is 11.5. The summed E-state index contributed by atoms with van der Waals surface area (Å²) in [6.45, 7) is 0.828. The highest BCUT2D eigenvalue weighted by Gasteiger charge is 2.44. The van der Waals surface area contributed by atoms with E-state index in [1.165, 1.54) is 12.1 Å². The van der Waals surface area contributed by atoms with Crippen molar-refractivity contribution in [3.8, 4) is 5.75 Å². The van der Waals surface area contributed by atoms with Crippen LogP contribution in [0.3, 0.4) is 0 Å². The van der Waals surface area contributed by atoms with Crippen molar-refractivity contribution in [2.75, 3.05) is 13.2 Å². The van der Waals surface area contributed by atoms with Gasteiger partial charge < -0.3 is 13.9 Å². The first-order valence-electron chi connectivity index (χ1n) is 6.36. The van der Waals surface area contributed by atoms with Crippen LogP contribution in [0.1, 0.15) is 0 Å². The summed E-state index contributed by atoms with van der Waals surface area (Å²) in [7, 11) is -5.64. The van der Waals surface area contributed by atoms with E-state index in [4.69, 9.17) is 13.7 Å². The van der Waals surface area contributed by atoms with Gasteiger partial charge in [0.2, 0.25) is 0 Å². The SMILES string of the molecule is C=C(COCC(F)(F)S(=O)(=O)O)C(=O)Oc1cccc2sc(=O)oc12. The molecule has 1 aromatic heterocycles. The van der Waals surface area contributed by atoms with E-state index in [1.807, 2.05) is 0 Å². The molecule has 0 saturated heterocycles. The molecule has 136 valence electrons. The summed E-state index contributed by atoms with van der Waals surface area (Å²) in [5, 5.41) is -4.52. The van der Waals surface area contributed by atoms with Crippen LogP contribution in [0.5, 0.6) is 5.75 Å². The van der Waals surface area contributed by atoms with Crippen molar-refractivity contribution in [2.24, 2.45) is 0 Å². The highest BCUT2D eigenvalue weighted by Crippen LogP contribution is 2.27. The first-order valence-corrected chi connectivity index (χ1v) is 8.62.